The van der Waals surface area contributed by atoms with Gasteiger partial charge in [0.05, 0.1) is 25.1 Å². The predicted octanol–water partition coefficient (Wildman–Crippen LogP) is -2.50. The Morgan fingerprint density at radius 1 is 0.947 bits per heavy atom. The molecular weight excluding hydrogens is 526 g/mol. The lowest BCUT2D eigenvalue weighted by Crippen LogP contribution is -2.37. The van der Waals surface area contributed by atoms with Crippen LogP contribution in [-0.4, -0.2) is 120 Å². The van der Waals surface area contributed by atoms with Gasteiger partial charge in [0.1, 0.15) is 18.7 Å². The molecule has 0 aromatic rings. The summed E-state index contributed by atoms with van der Waals surface area (Å²) in [4.78, 5) is 70.4. The van der Waals surface area contributed by atoms with Gasteiger partial charge in [0.2, 0.25) is 23.6 Å². The molecule has 4 amide bonds. The molecular formula is C22H37N5O10S. The van der Waals surface area contributed by atoms with Crippen LogP contribution < -0.4 is 22.1 Å². The van der Waals surface area contributed by atoms with Crippen LogP contribution in [0.2, 0.25) is 0 Å². The molecule has 1 fully saturated rings. The number of carboxylic acid groups (broad SMARTS) is 2. The van der Waals surface area contributed by atoms with Crippen molar-refractivity contribution < 1.29 is 48.5 Å². The third-order valence-corrected chi connectivity index (χ3v) is 6.64. The van der Waals surface area contributed by atoms with E-state index in [1.165, 1.54) is 0 Å². The van der Waals surface area contributed by atoms with Gasteiger partial charge in [0.15, 0.2) is 0 Å². The first-order valence-electron chi connectivity index (χ1n) is 12.1. The summed E-state index contributed by atoms with van der Waals surface area (Å²) in [6, 6.07) is -2.03. The van der Waals surface area contributed by atoms with Gasteiger partial charge in [-0.1, -0.05) is 0 Å². The number of ether oxygens (including phenoxy) is 2. The summed E-state index contributed by atoms with van der Waals surface area (Å²) in [5, 5.41) is 22.0. The van der Waals surface area contributed by atoms with Gasteiger partial charge >= 0.3 is 11.9 Å². The fourth-order valence-electron chi connectivity index (χ4n) is 3.15. The molecule has 1 heterocycles. The van der Waals surface area contributed by atoms with Crippen LogP contribution in [0.25, 0.3) is 0 Å². The number of carbonyl (C=O) groups excluding carboxylic acids is 4. The number of nitrogens with zero attached hydrogens (tertiary/aromatic N) is 1. The Balaban J connectivity index is 2.03. The van der Waals surface area contributed by atoms with Crippen LogP contribution in [0.1, 0.15) is 32.1 Å². The van der Waals surface area contributed by atoms with Crippen molar-refractivity contribution in [2.45, 2.75) is 49.4 Å². The molecule has 15 nitrogen and oxygen atoms in total. The molecule has 0 bridgehead atoms. The highest BCUT2D eigenvalue weighted by Gasteiger charge is 2.39. The summed E-state index contributed by atoms with van der Waals surface area (Å²) < 4.78 is 10.5. The number of carbonyl (C=O) groups is 6. The highest BCUT2D eigenvalue weighted by Crippen LogP contribution is 2.25. The first kappa shape index (κ1) is 33.2. The van der Waals surface area contributed by atoms with Crippen LogP contribution in [0, 0.1) is 0 Å². The molecule has 1 aliphatic heterocycles. The van der Waals surface area contributed by atoms with Crippen LogP contribution >= 0.6 is 11.8 Å². The monoisotopic (exact) mass is 563 g/mol. The maximum absolute atomic E-state index is 12.3. The lowest BCUT2D eigenvalue weighted by atomic mass is 10.1. The molecule has 38 heavy (non-hydrogen) atoms. The van der Waals surface area contributed by atoms with Gasteiger partial charge in [0.25, 0.3) is 0 Å². The average Bonchev–Trinajstić information content (AvgIpc) is 3.14. The maximum Gasteiger partial charge on any atom is 0.321 e. The molecule has 0 radical (unpaired) electrons. The summed E-state index contributed by atoms with van der Waals surface area (Å²) in [5.74, 6) is -3.77. The number of thioether (sulfide) groups is 1. The van der Waals surface area contributed by atoms with Gasteiger partial charge in [-0.05, 0) is 19.3 Å². The number of aliphatic carboxylic acids is 2. The molecule has 216 valence electrons. The van der Waals surface area contributed by atoms with E-state index in [1.54, 1.807) is 0 Å². The van der Waals surface area contributed by atoms with E-state index in [2.05, 4.69) is 10.6 Å². The highest BCUT2D eigenvalue weighted by molar-refractivity contribution is 8.00. The van der Waals surface area contributed by atoms with E-state index in [9.17, 15) is 28.8 Å². The third kappa shape index (κ3) is 13.7. The number of likely N-dealkylation sites (tertiary alicyclic amines) is 1. The quantitative estimate of drug-likeness (QED) is 0.0625. The Hall–Kier alpha value is -2.79. The normalized spacial score (nSPS) is 16.8. The number of nitrogens with one attached hydrogen (secondary N) is 2. The average molecular weight is 564 g/mol. The number of imide groups is 1. The molecule has 0 aromatic heterocycles. The lowest BCUT2D eigenvalue weighted by molar-refractivity contribution is -0.140. The number of amides is 4. The smallest absolute Gasteiger partial charge is 0.321 e. The van der Waals surface area contributed by atoms with Gasteiger partial charge < -0.3 is 41.8 Å². The zero-order valence-electron chi connectivity index (χ0n) is 21.1. The van der Waals surface area contributed by atoms with Crippen LogP contribution in [0.4, 0.5) is 0 Å². The standard InChI is InChI=1S/C22H37N5O10S/c23-14(21(32)33)3-1-2-5-25-18(29)12-37-10-9-36-8-6-26-17(28)4-7-27-19(30)11-16(20(27)31)38-13-15(24)22(34)35/h14-16H,1-13,23-24H2,(H,25,29)(H,26,28)(H,32,33)(H,34,35)/t14-,15-,16?/m0/s1. The Bertz CT molecular complexity index is 830. The van der Waals surface area contributed by atoms with Crippen molar-refractivity contribution >= 4 is 47.3 Å². The van der Waals surface area contributed by atoms with Crippen molar-refractivity contribution in [1.29, 1.82) is 0 Å². The number of hydrogen-bond acceptors (Lipinski definition) is 11. The molecule has 0 spiro atoms. The number of nitrogens with two attached hydrogens (primary N) is 2. The van der Waals surface area contributed by atoms with Crippen molar-refractivity contribution in [3.63, 3.8) is 0 Å². The summed E-state index contributed by atoms with van der Waals surface area (Å²) in [6.45, 7) is 0.961. The number of rotatable bonds is 21. The molecule has 0 aliphatic carbocycles. The van der Waals surface area contributed by atoms with E-state index < -0.39 is 41.1 Å². The van der Waals surface area contributed by atoms with Crippen molar-refractivity contribution in [2.24, 2.45) is 11.5 Å². The molecule has 1 unspecified atom stereocenters. The summed E-state index contributed by atoms with van der Waals surface area (Å²) >= 11 is 1.02. The van der Waals surface area contributed by atoms with Crippen LogP contribution in [0.5, 0.6) is 0 Å². The fourth-order valence-corrected chi connectivity index (χ4v) is 4.26. The first-order valence-corrected chi connectivity index (χ1v) is 13.2. The first-order chi connectivity index (χ1) is 18.0. The highest BCUT2D eigenvalue weighted by atomic mass is 32.2. The molecule has 3 atom stereocenters. The minimum Gasteiger partial charge on any atom is -0.480 e. The van der Waals surface area contributed by atoms with E-state index in [4.69, 9.17) is 31.2 Å². The SMILES string of the molecule is N[C@@H](CCCCNC(=O)COCCOCCNC(=O)CCN1C(=O)CC(SC[C@H](N)C(=O)O)C1=O)C(=O)O. The Kier molecular flexibility index (Phi) is 16.1. The number of hydrogen-bond donors (Lipinski definition) is 6. The van der Waals surface area contributed by atoms with E-state index in [-0.39, 0.29) is 69.9 Å². The Morgan fingerprint density at radius 2 is 1.61 bits per heavy atom. The van der Waals surface area contributed by atoms with E-state index in [1.807, 2.05) is 0 Å². The van der Waals surface area contributed by atoms with Gasteiger partial charge in [0, 0.05) is 38.2 Å². The Labute approximate surface area is 224 Å². The zero-order valence-corrected chi connectivity index (χ0v) is 21.9. The number of unbranched alkanes of at least 4 members (excludes halogenated alkanes) is 1. The van der Waals surface area contributed by atoms with E-state index >= 15 is 0 Å². The topological polar surface area (TPSA) is 241 Å². The largest absolute Gasteiger partial charge is 0.480 e. The van der Waals surface area contributed by atoms with Crippen LogP contribution in [-0.2, 0) is 38.2 Å². The van der Waals surface area contributed by atoms with Crippen molar-refractivity contribution in [2.75, 3.05) is 51.8 Å². The van der Waals surface area contributed by atoms with Crippen molar-refractivity contribution in [3.8, 4) is 0 Å². The van der Waals surface area contributed by atoms with Gasteiger partial charge in [-0.15, -0.1) is 11.8 Å². The predicted molar refractivity (Wildman–Crippen MR) is 135 cm³/mol. The second-order valence-corrected chi connectivity index (χ2v) is 9.65. The Morgan fingerprint density at radius 3 is 2.29 bits per heavy atom. The second-order valence-electron chi connectivity index (χ2n) is 8.41. The molecule has 16 heteroatoms. The molecule has 0 aromatic carbocycles. The van der Waals surface area contributed by atoms with Crippen molar-refractivity contribution in [1.82, 2.24) is 15.5 Å². The van der Waals surface area contributed by atoms with Crippen LogP contribution in [0.15, 0.2) is 0 Å². The fraction of sp³-hybridized carbons (Fsp3) is 0.727. The van der Waals surface area contributed by atoms with Gasteiger partial charge in [-0.2, -0.15) is 0 Å². The van der Waals surface area contributed by atoms with Gasteiger partial charge in [-0.3, -0.25) is 33.7 Å². The minimum absolute atomic E-state index is 0.000887. The maximum atomic E-state index is 12.3. The van der Waals surface area contributed by atoms with Crippen LogP contribution in [0.3, 0.4) is 0 Å². The molecule has 0 saturated carbocycles. The molecule has 1 saturated heterocycles. The second kappa shape index (κ2) is 18.5. The molecule has 1 rings (SSSR count). The minimum atomic E-state index is -1.19. The lowest BCUT2D eigenvalue weighted by Gasteiger charge is -2.15. The molecule has 1 aliphatic rings. The summed E-state index contributed by atoms with van der Waals surface area (Å²) in [6.07, 6.45) is 1.39. The zero-order chi connectivity index (χ0) is 28.5. The van der Waals surface area contributed by atoms with Crippen molar-refractivity contribution in [3.05, 3.63) is 0 Å². The van der Waals surface area contributed by atoms with Gasteiger partial charge in [-0.25, -0.2) is 0 Å². The summed E-state index contributed by atoms with van der Waals surface area (Å²) in [5.41, 5.74) is 10.8. The summed E-state index contributed by atoms with van der Waals surface area (Å²) in [7, 11) is 0. The van der Waals surface area contributed by atoms with E-state index in [0.29, 0.717) is 25.8 Å². The number of carboxylic acids is 2. The molecule has 8 N–H and O–H groups in total. The third-order valence-electron chi connectivity index (χ3n) is 5.31. The van der Waals surface area contributed by atoms with E-state index in [0.717, 1.165) is 16.7 Å².